The first-order valence-electron chi connectivity index (χ1n) is 10.6. The van der Waals surface area contributed by atoms with Crippen molar-refractivity contribution in [3.05, 3.63) is 83.7 Å². The van der Waals surface area contributed by atoms with Crippen molar-refractivity contribution in [2.24, 2.45) is 0 Å². The first-order chi connectivity index (χ1) is 15.2. The topological polar surface area (TPSA) is 46.9 Å². The largest absolute Gasteiger partial charge is 0.497 e. The molecule has 3 aromatic rings. The summed E-state index contributed by atoms with van der Waals surface area (Å²) in [6.45, 7) is 3.24. The van der Waals surface area contributed by atoms with E-state index in [-0.39, 0.29) is 18.0 Å². The molecule has 2 aromatic carbocycles. The molecule has 2 aliphatic heterocycles. The van der Waals surface area contributed by atoms with E-state index >= 15 is 0 Å². The average Bonchev–Trinajstić information content (AvgIpc) is 3.45. The van der Waals surface area contributed by atoms with Gasteiger partial charge in [-0.2, -0.15) is 0 Å². The molecule has 0 saturated carbocycles. The maximum absolute atomic E-state index is 13.3. The normalized spacial score (nSPS) is 20.5. The van der Waals surface area contributed by atoms with Gasteiger partial charge in [0.25, 0.3) is 5.91 Å². The monoisotopic (exact) mass is 417 g/mol. The first-order valence-corrected chi connectivity index (χ1v) is 10.6. The van der Waals surface area contributed by atoms with Crippen molar-refractivity contribution in [3.8, 4) is 11.5 Å². The van der Waals surface area contributed by atoms with Gasteiger partial charge in [0.1, 0.15) is 17.2 Å². The lowest BCUT2D eigenvalue weighted by atomic mass is 10.0. The van der Waals surface area contributed by atoms with Crippen LogP contribution in [-0.4, -0.2) is 53.6 Å². The van der Waals surface area contributed by atoms with Gasteiger partial charge in [-0.25, -0.2) is 0 Å². The summed E-state index contributed by atoms with van der Waals surface area (Å²) in [5.41, 5.74) is 3.14. The second kappa shape index (κ2) is 8.12. The molecule has 0 spiro atoms. The second-order valence-electron chi connectivity index (χ2n) is 8.26. The van der Waals surface area contributed by atoms with Crippen molar-refractivity contribution in [1.82, 2.24) is 14.4 Å². The van der Waals surface area contributed by atoms with E-state index in [2.05, 4.69) is 26.5 Å². The van der Waals surface area contributed by atoms with Crippen molar-refractivity contribution in [3.63, 3.8) is 0 Å². The minimum atomic E-state index is 0.105. The van der Waals surface area contributed by atoms with Crippen LogP contribution in [0.1, 0.15) is 27.7 Å². The molecule has 0 aliphatic carbocycles. The Bertz CT molecular complexity index is 1060. The molecule has 160 valence electrons. The third-order valence-electron chi connectivity index (χ3n) is 6.43. The van der Waals surface area contributed by atoms with E-state index in [0.29, 0.717) is 6.54 Å². The molecule has 2 atom stereocenters. The lowest BCUT2D eigenvalue weighted by Gasteiger charge is -2.38. The predicted octanol–water partition coefficient (Wildman–Crippen LogP) is 3.59. The third kappa shape index (κ3) is 3.68. The Labute approximate surface area is 182 Å². The lowest BCUT2D eigenvalue weighted by molar-refractivity contribution is 0.0556. The highest BCUT2D eigenvalue weighted by Gasteiger charge is 2.44. The first kappa shape index (κ1) is 19.7. The van der Waals surface area contributed by atoms with Gasteiger partial charge in [-0.05, 0) is 47.5 Å². The van der Waals surface area contributed by atoms with Crippen LogP contribution in [0.4, 0.5) is 0 Å². The van der Waals surface area contributed by atoms with Crippen molar-refractivity contribution in [1.29, 1.82) is 0 Å². The number of hydrogen-bond donors (Lipinski definition) is 0. The number of nitrogens with zero attached hydrogens (tertiary/aromatic N) is 3. The number of amides is 1. The minimum Gasteiger partial charge on any atom is -0.497 e. The fourth-order valence-electron chi connectivity index (χ4n) is 4.82. The van der Waals surface area contributed by atoms with Crippen molar-refractivity contribution < 1.29 is 14.3 Å². The third-order valence-corrected chi connectivity index (χ3v) is 6.43. The van der Waals surface area contributed by atoms with Gasteiger partial charge in [-0.3, -0.25) is 9.69 Å². The van der Waals surface area contributed by atoms with Crippen LogP contribution < -0.4 is 9.47 Å². The molecule has 0 unspecified atom stereocenters. The molecule has 0 N–H and O–H groups in total. The van der Waals surface area contributed by atoms with Crippen LogP contribution in [0.25, 0.3) is 0 Å². The molecule has 0 radical (unpaired) electrons. The van der Waals surface area contributed by atoms with Crippen molar-refractivity contribution in [2.75, 3.05) is 27.3 Å². The van der Waals surface area contributed by atoms with Crippen LogP contribution in [-0.2, 0) is 13.1 Å². The zero-order valence-electron chi connectivity index (χ0n) is 17.9. The van der Waals surface area contributed by atoms with E-state index in [4.69, 9.17) is 9.47 Å². The zero-order chi connectivity index (χ0) is 21.4. The number of benzene rings is 2. The number of carbonyl (C=O) groups excluding carboxylic acids is 1. The van der Waals surface area contributed by atoms with Gasteiger partial charge < -0.3 is 18.9 Å². The number of fused-ring (bicyclic) bond motifs is 3. The smallest absolute Gasteiger partial charge is 0.271 e. The van der Waals surface area contributed by atoms with E-state index in [9.17, 15) is 4.79 Å². The summed E-state index contributed by atoms with van der Waals surface area (Å²) in [5.74, 6) is 1.80. The molecule has 31 heavy (non-hydrogen) atoms. The molecular weight excluding hydrogens is 390 g/mol. The van der Waals surface area contributed by atoms with Crippen molar-refractivity contribution in [2.45, 2.75) is 25.2 Å². The summed E-state index contributed by atoms with van der Waals surface area (Å²) in [6, 6.07) is 20.5. The Hall–Kier alpha value is -3.25. The standard InChI is InChI=1S/C25H27N3O3/c1-30-20-9-5-18(6-10-20)14-26-16-23-24(17-26)28(25(29)22-4-3-13-27(22)23)15-19-7-11-21(31-2)12-8-19/h3-13,23-24H,14-17H2,1-2H3/t23-,24-/m1/s1. The number of hydrogen-bond acceptors (Lipinski definition) is 4. The number of likely N-dealkylation sites (tertiary alicyclic amines) is 1. The van der Waals surface area contributed by atoms with E-state index in [1.807, 2.05) is 54.7 Å². The second-order valence-corrected chi connectivity index (χ2v) is 8.26. The molecule has 2 aliphatic rings. The number of rotatable bonds is 6. The van der Waals surface area contributed by atoms with Gasteiger partial charge in [0, 0.05) is 32.4 Å². The molecule has 6 nitrogen and oxygen atoms in total. The van der Waals surface area contributed by atoms with Gasteiger partial charge in [-0.15, -0.1) is 0 Å². The molecule has 1 aromatic heterocycles. The van der Waals surface area contributed by atoms with Crippen LogP contribution in [0.5, 0.6) is 11.5 Å². The fraction of sp³-hybridized carbons (Fsp3) is 0.320. The zero-order valence-corrected chi connectivity index (χ0v) is 17.9. The van der Waals surface area contributed by atoms with Gasteiger partial charge in [0.15, 0.2) is 0 Å². The molecule has 1 fully saturated rings. The van der Waals surface area contributed by atoms with Gasteiger partial charge in [0.05, 0.1) is 26.3 Å². The van der Waals surface area contributed by atoms with Gasteiger partial charge in [-0.1, -0.05) is 24.3 Å². The minimum absolute atomic E-state index is 0.105. The van der Waals surface area contributed by atoms with Gasteiger partial charge in [0.2, 0.25) is 0 Å². The van der Waals surface area contributed by atoms with Crippen LogP contribution in [0, 0.1) is 0 Å². The summed E-state index contributed by atoms with van der Waals surface area (Å²) >= 11 is 0. The number of carbonyl (C=O) groups is 1. The Balaban J connectivity index is 1.38. The summed E-state index contributed by atoms with van der Waals surface area (Å²) in [6.07, 6.45) is 2.05. The summed E-state index contributed by atoms with van der Waals surface area (Å²) < 4.78 is 12.7. The Morgan fingerprint density at radius 2 is 1.39 bits per heavy atom. The highest BCUT2D eigenvalue weighted by molar-refractivity contribution is 5.94. The SMILES string of the molecule is COc1ccc(CN2C[C@@H]3[C@@H](C2)n2cccc2C(=O)N3Cc2ccc(OC)cc2)cc1. The highest BCUT2D eigenvalue weighted by atomic mass is 16.5. The lowest BCUT2D eigenvalue weighted by Crippen LogP contribution is -2.49. The Kier molecular flexibility index (Phi) is 5.16. The Morgan fingerprint density at radius 1 is 0.806 bits per heavy atom. The van der Waals surface area contributed by atoms with Crippen LogP contribution in [0.2, 0.25) is 0 Å². The maximum atomic E-state index is 13.3. The van der Waals surface area contributed by atoms with Crippen LogP contribution >= 0.6 is 0 Å². The summed E-state index contributed by atoms with van der Waals surface area (Å²) in [5, 5.41) is 0. The van der Waals surface area contributed by atoms with E-state index in [0.717, 1.165) is 42.4 Å². The highest BCUT2D eigenvalue weighted by Crippen LogP contribution is 2.35. The maximum Gasteiger partial charge on any atom is 0.271 e. The molecular formula is C25H27N3O3. The van der Waals surface area contributed by atoms with E-state index in [1.165, 1.54) is 5.56 Å². The van der Waals surface area contributed by atoms with E-state index in [1.54, 1.807) is 14.2 Å². The number of methoxy groups -OCH3 is 2. The molecule has 0 bridgehead atoms. The van der Waals surface area contributed by atoms with Crippen molar-refractivity contribution >= 4 is 5.91 Å². The molecule has 6 heteroatoms. The molecule has 5 rings (SSSR count). The Morgan fingerprint density at radius 3 is 2.00 bits per heavy atom. The fourth-order valence-corrected chi connectivity index (χ4v) is 4.82. The van der Waals surface area contributed by atoms with Crippen LogP contribution in [0.15, 0.2) is 66.9 Å². The van der Waals surface area contributed by atoms with E-state index < -0.39 is 0 Å². The number of aromatic nitrogens is 1. The summed E-state index contributed by atoms with van der Waals surface area (Å²) in [4.78, 5) is 17.8. The van der Waals surface area contributed by atoms with Gasteiger partial charge >= 0.3 is 0 Å². The molecule has 1 amide bonds. The summed E-state index contributed by atoms with van der Waals surface area (Å²) in [7, 11) is 3.35. The van der Waals surface area contributed by atoms with Crippen LogP contribution in [0.3, 0.4) is 0 Å². The number of ether oxygens (including phenoxy) is 2. The molecule has 1 saturated heterocycles. The average molecular weight is 418 g/mol. The predicted molar refractivity (Wildman–Crippen MR) is 118 cm³/mol. The quantitative estimate of drug-likeness (QED) is 0.615. The molecule has 3 heterocycles.